The summed E-state index contributed by atoms with van der Waals surface area (Å²) >= 11 is 0. The van der Waals surface area contributed by atoms with Crippen molar-refractivity contribution in [3.63, 3.8) is 0 Å². The second-order valence-electron chi connectivity index (χ2n) is 7.95. The van der Waals surface area contributed by atoms with Crippen LogP contribution in [0.4, 0.5) is 0 Å². The first-order valence-electron chi connectivity index (χ1n) is 12.6. The Morgan fingerprint density at radius 2 is 1.28 bits per heavy atom. The van der Waals surface area contributed by atoms with E-state index < -0.39 is 32.5 Å². The summed E-state index contributed by atoms with van der Waals surface area (Å²) in [4.78, 5) is 41.6. The molecule has 8 nitrogen and oxygen atoms in total. The third kappa shape index (κ3) is 24.9. The van der Waals surface area contributed by atoms with Crippen LogP contribution in [0.3, 0.4) is 0 Å². The van der Waals surface area contributed by atoms with Crippen LogP contribution in [0.25, 0.3) is 0 Å². The van der Waals surface area contributed by atoms with E-state index >= 15 is 0 Å². The van der Waals surface area contributed by atoms with Crippen molar-refractivity contribution in [2.75, 3.05) is 13.2 Å². The normalized spacial score (nSPS) is 13.6. The van der Waals surface area contributed by atoms with Crippen molar-refractivity contribution in [1.82, 2.24) is 0 Å². The van der Waals surface area contributed by atoms with E-state index in [2.05, 4.69) is 47.9 Å². The van der Waals surface area contributed by atoms with E-state index in [-0.39, 0.29) is 19.4 Å². The number of carbonyl (C=O) groups excluding carboxylic acids is 2. The average molecular weight is 527 g/mol. The van der Waals surface area contributed by atoms with E-state index in [4.69, 9.17) is 19.3 Å². The number of unbranched alkanes of at least 4 members (excludes halogenated alkanes) is 2. The van der Waals surface area contributed by atoms with Gasteiger partial charge in [-0.05, 0) is 38.5 Å². The molecule has 0 spiro atoms. The van der Waals surface area contributed by atoms with Gasteiger partial charge in [0.15, 0.2) is 6.10 Å². The van der Waals surface area contributed by atoms with Crippen LogP contribution in [0.1, 0.15) is 78.1 Å². The predicted molar refractivity (Wildman–Crippen MR) is 142 cm³/mol. The zero-order chi connectivity index (χ0) is 26.9. The van der Waals surface area contributed by atoms with Crippen LogP contribution < -0.4 is 0 Å². The lowest BCUT2D eigenvalue weighted by Gasteiger charge is -2.18. The van der Waals surface area contributed by atoms with E-state index in [0.717, 1.165) is 38.5 Å². The first kappa shape index (κ1) is 33.8. The number of ether oxygens (including phenoxy) is 2. The molecular weight excluding hydrogens is 483 g/mol. The summed E-state index contributed by atoms with van der Waals surface area (Å²) < 4.78 is 25.6. The molecule has 1 unspecified atom stereocenters. The topological polar surface area (TPSA) is 119 Å². The number of esters is 2. The SMILES string of the molecule is CC/C=C\C/C=C\C/C=C\C/C=C\C/C=C\CC(=O)OC(COC(=O)CCCCC)COP(=O)(O)O. The molecule has 36 heavy (non-hydrogen) atoms. The molecule has 0 rings (SSSR count). The molecule has 0 aromatic carbocycles. The van der Waals surface area contributed by atoms with Gasteiger partial charge in [-0.1, -0.05) is 87.4 Å². The Hall–Kier alpha value is -2.25. The van der Waals surface area contributed by atoms with Crippen LogP contribution >= 0.6 is 7.82 Å². The molecule has 0 aromatic rings. The molecule has 0 bridgehead atoms. The lowest BCUT2D eigenvalue weighted by molar-refractivity contribution is -0.160. The highest BCUT2D eigenvalue weighted by Gasteiger charge is 2.22. The lowest BCUT2D eigenvalue weighted by atomic mass is 10.2. The van der Waals surface area contributed by atoms with Gasteiger partial charge in [-0.15, -0.1) is 0 Å². The molecule has 0 saturated carbocycles. The highest BCUT2D eigenvalue weighted by Crippen LogP contribution is 2.35. The molecule has 0 fully saturated rings. The van der Waals surface area contributed by atoms with Crippen molar-refractivity contribution in [1.29, 1.82) is 0 Å². The second kappa shape index (κ2) is 23.2. The molecule has 204 valence electrons. The van der Waals surface area contributed by atoms with Crippen molar-refractivity contribution in [3.8, 4) is 0 Å². The Kier molecular flexibility index (Phi) is 21.7. The van der Waals surface area contributed by atoms with E-state index in [9.17, 15) is 14.2 Å². The van der Waals surface area contributed by atoms with Gasteiger partial charge < -0.3 is 19.3 Å². The van der Waals surface area contributed by atoms with Crippen molar-refractivity contribution in [3.05, 3.63) is 60.8 Å². The van der Waals surface area contributed by atoms with Gasteiger partial charge in [0.2, 0.25) is 0 Å². The first-order valence-corrected chi connectivity index (χ1v) is 14.1. The zero-order valence-corrected chi connectivity index (χ0v) is 22.5. The molecule has 1 atom stereocenters. The summed E-state index contributed by atoms with van der Waals surface area (Å²) in [5, 5.41) is 0. The highest BCUT2D eigenvalue weighted by molar-refractivity contribution is 7.46. The maximum Gasteiger partial charge on any atom is 0.469 e. The summed E-state index contributed by atoms with van der Waals surface area (Å²) in [6, 6.07) is 0. The minimum absolute atomic E-state index is 0.0234. The Morgan fingerprint density at radius 1 is 0.750 bits per heavy atom. The van der Waals surface area contributed by atoms with Gasteiger partial charge in [-0.25, -0.2) is 4.57 Å². The fourth-order valence-electron chi connectivity index (χ4n) is 2.74. The molecule has 9 heteroatoms. The van der Waals surface area contributed by atoms with Crippen molar-refractivity contribution in [2.45, 2.75) is 84.2 Å². The Bertz CT molecular complexity index is 777. The van der Waals surface area contributed by atoms with Crippen LogP contribution in [0, 0.1) is 0 Å². The standard InChI is InChI=1S/C27H43O8P/c1-3-5-7-8-9-10-11-12-13-14-15-16-17-18-20-22-27(29)35-25(24-34-36(30,31)32)23-33-26(28)21-19-6-4-2/h5,7,9-10,12-13,15-16,18,20,25H,3-4,6,8,11,14,17,19,21-24H2,1-2H3,(H2,30,31,32)/b7-5-,10-9-,13-12-,16-15-,20-18-. The summed E-state index contributed by atoms with van der Waals surface area (Å²) in [5.41, 5.74) is 0. The van der Waals surface area contributed by atoms with E-state index in [1.807, 2.05) is 25.2 Å². The summed E-state index contributed by atoms with van der Waals surface area (Å²) in [6.07, 6.45) is 26.4. The number of hydrogen-bond acceptors (Lipinski definition) is 6. The maximum absolute atomic E-state index is 12.1. The molecular formula is C27H43O8P. The fraction of sp³-hybridized carbons (Fsp3) is 0.556. The number of phosphoric ester groups is 1. The molecule has 0 aliphatic heterocycles. The molecule has 0 aliphatic rings. The third-order valence-electron chi connectivity index (χ3n) is 4.58. The molecule has 0 aliphatic carbocycles. The fourth-order valence-corrected chi connectivity index (χ4v) is 3.10. The first-order chi connectivity index (χ1) is 17.3. The summed E-state index contributed by atoms with van der Waals surface area (Å²) in [7, 11) is -4.75. The van der Waals surface area contributed by atoms with Gasteiger partial charge in [0.25, 0.3) is 0 Å². The number of phosphoric acid groups is 1. The third-order valence-corrected chi connectivity index (χ3v) is 5.07. The van der Waals surface area contributed by atoms with Crippen molar-refractivity contribution < 1.29 is 37.9 Å². The zero-order valence-electron chi connectivity index (χ0n) is 21.6. The van der Waals surface area contributed by atoms with Gasteiger partial charge in [-0.3, -0.25) is 14.1 Å². The highest BCUT2D eigenvalue weighted by atomic mass is 31.2. The van der Waals surface area contributed by atoms with Crippen molar-refractivity contribution in [2.24, 2.45) is 0 Å². The van der Waals surface area contributed by atoms with Gasteiger partial charge in [0, 0.05) is 6.42 Å². The molecule has 2 N–H and O–H groups in total. The second-order valence-corrected chi connectivity index (χ2v) is 9.19. The largest absolute Gasteiger partial charge is 0.469 e. The molecule has 0 radical (unpaired) electrons. The number of rotatable bonds is 21. The Balaban J connectivity index is 4.26. The smallest absolute Gasteiger partial charge is 0.462 e. The molecule has 0 saturated heterocycles. The number of carbonyl (C=O) groups is 2. The monoisotopic (exact) mass is 526 g/mol. The number of hydrogen-bond donors (Lipinski definition) is 2. The van der Waals surface area contributed by atoms with E-state index in [1.54, 1.807) is 6.08 Å². The maximum atomic E-state index is 12.1. The minimum atomic E-state index is -4.75. The van der Waals surface area contributed by atoms with E-state index in [0.29, 0.717) is 12.8 Å². The quantitative estimate of drug-likeness (QED) is 0.0777. The van der Waals surface area contributed by atoms with Gasteiger partial charge in [0.05, 0.1) is 13.0 Å². The Labute approximate surface area is 216 Å². The van der Waals surface area contributed by atoms with Crippen LogP contribution in [0.15, 0.2) is 60.8 Å². The summed E-state index contributed by atoms with van der Waals surface area (Å²) in [6.45, 7) is 3.22. The molecule has 0 aromatic heterocycles. The number of allylic oxidation sites excluding steroid dienone is 9. The average Bonchev–Trinajstić information content (AvgIpc) is 2.83. The summed E-state index contributed by atoms with van der Waals surface area (Å²) in [5.74, 6) is -1.07. The van der Waals surface area contributed by atoms with Crippen LogP contribution in [-0.4, -0.2) is 41.0 Å². The van der Waals surface area contributed by atoms with Crippen molar-refractivity contribution >= 4 is 19.8 Å². The minimum Gasteiger partial charge on any atom is -0.462 e. The van der Waals surface area contributed by atoms with Gasteiger partial charge in [0.1, 0.15) is 6.61 Å². The van der Waals surface area contributed by atoms with E-state index in [1.165, 1.54) is 0 Å². The van der Waals surface area contributed by atoms with Crippen LogP contribution in [0.5, 0.6) is 0 Å². The Morgan fingerprint density at radius 3 is 1.78 bits per heavy atom. The predicted octanol–water partition coefficient (Wildman–Crippen LogP) is 6.27. The van der Waals surface area contributed by atoms with Gasteiger partial charge >= 0.3 is 19.8 Å². The van der Waals surface area contributed by atoms with Gasteiger partial charge in [-0.2, -0.15) is 0 Å². The molecule has 0 heterocycles. The van der Waals surface area contributed by atoms with Crippen LogP contribution in [-0.2, 0) is 28.2 Å². The van der Waals surface area contributed by atoms with Crippen LogP contribution in [0.2, 0.25) is 0 Å². The lowest BCUT2D eigenvalue weighted by Crippen LogP contribution is -2.29. The molecule has 0 amide bonds.